The molecule has 0 aliphatic rings. The van der Waals surface area contributed by atoms with Crippen LogP contribution in [0.5, 0.6) is 0 Å². The molecule has 0 heterocycles. The van der Waals surface area contributed by atoms with E-state index in [0.717, 1.165) is 25.5 Å². The first kappa shape index (κ1) is 15.1. The van der Waals surface area contributed by atoms with Crippen molar-refractivity contribution in [2.24, 2.45) is 0 Å². The van der Waals surface area contributed by atoms with Crippen LogP contribution in [0.4, 0.5) is 8.78 Å². The van der Waals surface area contributed by atoms with Crippen molar-refractivity contribution in [3.05, 3.63) is 35.4 Å². The zero-order valence-corrected chi connectivity index (χ0v) is 11.0. The molecular formula is C14H21F2NO. The molecule has 0 saturated heterocycles. The maximum Gasteiger partial charge on any atom is 0.163 e. The highest BCUT2D eigenvalue weighted by molar-refractivity contribution is 5.22. The summed E-state index contributed by atoms with van der Waals surface area (Å²) in [6, 6.07) is 4.15. The van der Waals surface area contributed by atoms with E-state index in [1.165, 1.54) is 0 Å². The fourth-order valence-corrected chi connectivity index (χ4v) is 1.94. The van der Waals surface area contributed by atoms with Crippen molar-refractivity contribution < 1.29 is 13.5 Å². The van der Waals surface area contributed by atoms with Gasteiger partial charge in [-0.05, 0) is 32.4 Å². The molecule has 2 nitrogen and oxygen atoms in total. The first-order valence-electron chi connectivity index (χ1n) is 6.45. The molecule has 0 aromatic heterocycles. The third-order valence-corrected chi connectivity index (χ3v) is 2.79. The Kier molecular flexibility index (Phi) is 6.83. The van der Waals surface area contributed by atoms with Gasteiger partial charge in [0.2, 0.25) is 0 Å². The van der Waals surface area contributed by atoms with Crippen molar-refractivity contribution in [3.8, 4) is 0 Å². The van der Waals surface area contributed by atoms with Crippen molar-refractivity contribution in [1.82, 2.24) is 5.32 Å². The lowest BCUT2D eigenvalue weighted by molar-refractivity contribution is 0.140. The van der Waals surface area contributed by atoms with Gasteiger partial charge in [-0.1, -0.05) is 19.1 Å². The Morgan fingerprint density at radius 3 is 2.72 bits per heavy atom. The standard InChI is InChI=1S/C14H21F2NO/c1-3-17-13(9-6-10-18-4-2)11-7-5-8-12(15)14(11)16/h5,7-8,13,17H,3-4,6,9-10H2,1-2H3. The van der Waals surface area contributed by atoms with Gasteiger partial charge in [0.05, 0.1) is 0 Å². The van der Waals surface area contributed by atoms with Crippen LogP contribution >= 0.6 is 0 Å². The highest BCUT2D eigenvalue weighted by Gasteiger charge is 2.16. The second-order valence-corrected chi connectivity index (χ2v) is 4.09. The summed E-state index contributed by atoms with van der Waals surface area (Å²) >= 11 is 0. The fraction of sp³-hybridized carbons (Fsp3) is 0.571. The van der Waals surface area contributed by atoms with E-state index < -0.39 is 11.6 Å². The molecule has 0 saturated carbocycles. The molecule has 1 N–H and O–H groups in total. The second-order valence-electron chi connectivity index (χ2n) is 4.09. The predicted molar refractivity (Wildman–Crippen MR) is 68.5 cm³/mol. The molecule has 1 aromatic carbocycles. The van der Waals surface area contributed by atoms with Crippen LogP contribution in [0.15, 0.2) is 18.2 Å². The smallest absolute Gasteiger partial charge is 0.163 e. The van der Waals surface area contributed by atoms with E-state index in [4.69, 9.17) is 4.74 Å². The quantitative estimate of drug-likeness (QED) is 0.720. The summed E-state index contributed by atoms with van der Waals surface area (Å²) in [6.45, 7) is 5.94. The van der Waals surface area contributed by atoms with Crippen molar-refractivity contribution >= 4 is 0 Å². The molecule has 0 radical (unpaired) electrons. The van der Waals surface area contributed by atoms with Gasteiger partial charge in [-0.15, -0.1) is 0 Å². The minimum atomic E-state index is -0.791. The Morgan fingerprint density at radius 1 is 1.28 bits per heavy atom. The summed E-state index contributed by atoms with van der Waals surface area (Å²) in [5, 5.41) is 3.18. The van der Waals surface area contributed by atoms with Crippen LogP contribution in [-0.2, 0) is 4.74 Å². The first-order valence-corrected chi connectivity index (χ1v) is 6.45. The van der Waals surface area contributed by atoms with E-state index in [0.29, 0.717) is 18.8 Å². The van der Waals surface area contributed by atoms with E-state index in [9.17, 15) is 8.78 Å². The van der Waals surface area contributed by atoms with Crippen LogP contribution in [0.2, 0.25) is 0 Å². The average molecular weight is 257 g/mol. The van der Waals surface area contributed by atoms with Gasteiger partial charge in [0.25, 0.3) is 0 Å². The largest absolute Gasteiger partial charge is 0.382 e. The highest BCUT2D eigenvalue weighted by Crippen LogP contribution is 2.23. The summed E-state index contributed by atoms with van der Waals surface area (Å²) < 4.78 is 32.2. The topological polar surface area (TPSA) is 21.3 Å². The molecule has 1 rings (SSSR count). The maximum atomic E-state index is 13.7. The Labute approximate surface area is 107 Å². The van der Waals surface area contributed by atoms with Gasteiger partial charge in [0, 0.05) is 24.8 Å². The summed E-state index contributed by atoms with van der Waals surface area (Å²) in [4.78, 5) is 0. The van der Waals surface area contributed by atoms with Gasteiger partial charge >= 0.3 is 0 Å². The van der Waals surface area contributed by atoms with Gasteiger partial charge in [0.1, 0.15) is 0 Å². The molecule has 0 bridgehead atoms. The molecule has 0 fully saturated rings. The summed E-state index contributed by atoms with van der Waals surface area (Å²) in [7, 11) is 0. The molecule has 1 atom stereocenters. The van der Waals surface area contributed by atoms with Gasteiger partial charge in [0.15, 0.2) is 11.6 Å². The van der Waals surface area contributed by atoms with E-state index >= 15 is 0 Å². The molecule has 102 valence electrons. The Balaban J connectivity index is 2.68. The van der Waals surface area contributed by atoms with Gasteiger partial charge in [-0.25, -0.2) is 8.78 Å². The SMILES string of the molecule is CCNC(CCCOCC)c1cccc(F)c1F. The van der Waals surface area contributed by atoms with Gasteiger partial charge in [-0.2, -0.15) is 0 Å². The third kappa shape index (κ3) is 4.35. The minimum Gasteiger partial charge on any atom is -0.382 e. The first-order chi connectivity index (χ1) is 8.70. The Morgan fingerprint density at radius 2 is 2.06 bits per heavy atom. The van der Waals surface area contributed by atoms with Crippen molar-refractivity contribution in [3.63, 3.8) is 0 Å². The highest BCUT2D eigenvalue weighted by atomic mass is 19.2. The van der Waals surface area contributed by atoms with E-state index in [1.807, 2.05) is 13.8 Å². The molecule has 1 unspecified atom stereocenters. The van der Waals surface area contributed by atoms with E-state index in [-0.39, 0.29) is 6.04 Å². The minimum absolute atomic E-state index is 0.161. The Hall–Kier alpha value is -1.00. The fourth-order valence-electron chi connectivity index (χ4n) is 1.94. The van der Waals surface area contributed by atoms with E-state index in [1.54, 1.807) is 12.1 Å². The molecule has 0 spiro atoms. The van der Waals surface area contributed by atoms with Crippen molar-refractivity contribution in [2.75, 3.05) is 19.8 Å². The van der Waals surface area contributed by atoms with Crippen LogP contribution in [0.1, 0.15) is 38.3 Å². The number of rotatable bonds is 8. The molecule has 0 aliphatic heterocycles. The number of ether oxygens (including phenoxy) is 1. The number of nitrogens with one attached hydrogen (secondary N) is 1. The van der Waals surface area contributed by atoms with E-state index in [2.05, 4.69) is 5.32 Å². The van der Waals surface area contributed by atoms with Crippen LogP contribution in [0.3, 0.4) is 0 Å². The normalized spacial score (nSPS) is 12.7. The van der Waals surface area contributed by atoms with Crippen molar-refractivity contribution in [2.45, 2.75) is 32.7 Å². The molecule has 1 aromatic rings. The number of benzene rings is 1. The van der Waals surface area contributed by atoms with Crippen molar-refractivity contribution in [1.29, 1.82) is 0 Å². The third-order valence-electron chi connectivity index (χ3n) is 2.79. The van der Waals surface area contributed by atoms with Gasteiger partial charge in [-0.3, -0.25) is 0 Å². The number of halogens is 2. The predicted octanol–water partition coefficient (Wildman–Crippen LogP) is 3.43. The Bertz CT molecular complexity index is 358. The van der Waals surface area contributed by atoms with Crippen LogP contribution in [0.25, 0.3) is 0 Å². The van der Waals surface area contributed by atoms with Crippen LogP contribution in [0, 0.1) is 11.6 Å². The summed E-state index contributed by atoms with van der Waals surface area (Å²) in [5.74, 6) is -1.54. The van der Waals surface area contributed by atoms with Crippen LogP contribution in [-0.4, -0.2) is 19.8 Å². The maximum absolute atomic E-state index is 13.7. The zero-order valence-electron chi connectivity index (χ0n) is 11.0. The molecular weight excluding hydrogens is 236 g/mol. The average Bonchev–Trinajstić information content (AvgIpc) is 2.37. The molecule has 18 heavy (non-hydrogen) atoms. The molecule has 0 amide bonds. The molecule has 0 aliphatic carbocycles. The second kappa shape index (κ2) is 8.16. The summed E-state index contributed by atoms with van der Waals surface area (Å²) in [5.41, 5.74) is 0.397. The lowest BCUT2D eigenvalue weighted by Gasteiger charge is -2.19. The van der Waals surface area contributed by atoms with Gasteiger partial charge < -0.3 is 10.1 Å². The number of hydrogen-bond donors (Lipinski definition) is 1. The molecule has 4 heteroatoms. The lowest BCUT2D eigenvalue weighted by Crippen LogP contribution is -2.22. The lowest BCUT2D eigenvalue weighted by atomic mass is 10.0. The monoisotopic (exact) mass is 257 g/mol. The number of hydrogen-bond acceptors (Lipinski definition) is 2. The zero-order chi connectivity index (χ0) is 13.4. The summed E-state index contributed by atoms with van der Waals surface area (Å²) in [6.07, 6.45) is 1.55. The van der Waals surface area contributed by atoms with Crippen LogP contribution < -0.4 is 5.32 Å².